The minimum absolute atomic E-state index is 0. The van der Waals surface area contributed by atoms with E-state index in [1.807, 2.05) is 7.05 Å². The van der Waals surface area contributed by atoms with Gasteiger partial charge in [-0.15, -0.1) is 24.0 Å². The van der Waals surface area contributed by atoms with Crippen LogP contribution in [-0.4, -0.2) is 101 Å². The smallest absolute Gasteiger partial charge is 0.234 e. The molecule has 0 atom stereocenters. The van der Waals surface area contributed by atoms with Crippen molar-refractivity contribution >= 4 is 35.8 Å². The fraction of sp³-hybridized carbons (Fsp3) is 0.778. The van der Waals surface area contributed by atoms with Gasteiger partial charge in [0, 0.05) is 53.4 Å². The number of rotatable bonds is 8. The van der Waals surface area contributed by atoms with Gasteiger partial charge in [-0.05, 0) is 12.8 Å². The number of carbonyl (C=O) groups is 1. The highest BCUT2D eigenvalue weighted by Crippen LogP contribution is 2.11. The maximum Gasteiger partial charge on any atom is 0.234 e. The number of amides is 1. The molecular weight excluding hydrogens is 461 g/mol. The molecule has 0 bridgehead atoms. The summed E-state index contributed by atoms with van der Waals surface area (Å²) in [5.74, 6) is 1.00. The number of halogens is 1. The van der Waals surface area contributed by atoms with Gasteiger partial charge in [0.2, 0.25) is 5.91 Å². The van der Waals surface area contributed by atoms with Gasteiger partial charge in [0.05, 0.1) is 26.4 Å². The van der Waals surface area contributed by atoms with E-state index >= 15 is 0 Å². The van der Waals surface area contributed by atoms with Crippen molar-refractivity contribution in [1.29, 1.82) is 0 Å². The molecule has 0 aromatic rings. The first kappa shape index (κ1) is 24.1. The lowest BCUT2D eigenvalue weighted by Crippen LogP contribution is -2.54. The molecule has 8 nitrogen and oxygen atoms in total. The van der Waals surface area contributed by atoms with E-state index in [2.05, 4.69) is 31.5 Å². The van der Waals surface area contributed by atoms with Gasteiger partial charge in [-0.25, -0.2) is 0 Å². The monoisotopic (exact) mass is 495 g/mol. The average molecular weight is 495 g/mol. The average Bonchev–Trinajstić information content (AvgIpc) is 2.67. The lowest BCUT2D eigenvalue weighted by molar-refractivity contribution is -0.122. The van der Waals surface area contributed by atoms with Crippen LogP contribution in [0.4, 0.5) is 0 Å². The Morgan fingerprint density at radius 2 is 2.04 bits per heavy atom. The van der Waals surface area contributed by atoms with Crippen molar-refractivity contribution in [2.45, 2.75) is 12.8 Å². The van der Waals surface area contributed by atoms with Gasteiger partial charge in [0.25, 0.3) is 0 Å². The van der Waals surface area contributed by atoms with Crippen molar-refractivity contribution in [1.82, 2.24) is 20.4 Å². The van der Waals surface area contributed by atoms with E-state index in [1.165, 1.54) is 5.57 Å². The molecule has 0 radical (unpaired) electrons. The zero-order valence-electron chi connectivity index (χ0n) is 16.5. The number of guanidine groups is 1. The zero-order chi connectivity index (χ0) is 18.6. The molecule has 2 aliphatic rings. The molecule has 1 fully saturated rings. The Balaban J connectivity index is 0.00000364. The number of hydrogen-bond donors (Lipinski definition) is 2. The third-order valence-electron chi connectivity index (χ3n) is 4.67. The predicted octanol–water partition coefficient (Wildman–Crippen LogP) is 0.297. The lowest BCUT2D eigenvalue weighted by atomic mass is 10.1. The second-order valence-electron chi connectivity index (χ2n) is 6.52. The van der Waals surface area contributed by atoms with E-state index in [1.54, 1.807) is 7.11 Å². The standard InChI is InChI=1S/C18H33N5O3.HI/c1-19-18(21-6-3-16-4-12-26-13-5-16)23-10-8-22(9-11-23)15-17(24)20-7-14-25-2;/h4H,3,5-15H2,1-2H3,(H,19,21)(H,20,24);1H. The summed E-state index contributed by atoms with van der Waals surface area (Å²) in [5.41, 5.74) is 1.46. The Morgan fingerprint density at radius 1 is 1.26 bits per heavy atom. The Hall–Kier alpha value is -0.910. The van der Waals surface area contributed by atoms with Crippen molar-refractivity contribution in [2.75, 3.05) is 79.8 Å². The van der Waals surface area contributed by atoms with Crippen LogP contribution in [0.25, 0.3) is 0 Å². The molecular formula is C18H34IN5O3. The van der Waals surface area contributed by atoms with Crippen molar-refractivity contribution < 1.29 is 14.3 Å². The second-order valence-corrected chi connectivity index (χ2v) is 6.52. The number of carbonyl (C=O) groups excluding carboxylic acids is 1. The maximum atomic E-state index is 11.9. The van der Waals surface area contributed by atoms with Crippen molar-refractivity contribution in [3.8, 4) is 0 Å². The molecule has 1 saturated heterocycles. The van der Waals surface area contributed by atoms with Crippen LogP contribution in [0, 0.1) is 0 Å². The summed E-state index contributed by atoms with van der Waals surface area (Å²) in [5, 5.41) is 6.32. The summed E-state index contributed by atoms with van der Waals surface area (Å²) in [7, 11) is 3.46. The van der Waals surface area contributed by atoms with E-state index in [0.717, 1.165) is 64.7 Å². The van der Waals surface area contributed by atoms with Gasteiger partial charge < -0.3 is 25.0 Å². The van der Waals surface area contributed by atoms with Gasteiger partial charge in [-0.2, -0.15) is 0 Å². The second kappa shape index (κ2) is 14.1. The SMILES string of the molecule is CN=C(NCCC1=CCOCC1)N1CCN(CC(=O)NCCOC)CC1.I. The van der Waals surface area contributed by atoms with E-state index in [-0.39, 0.29) is 29.9 Å². The maximum absolute atomic E-state index is 11.9. The third-order valence-corrected chi connectivity index (χ3v) is 4.67. The quantitative estimate of drug-likeness (QED) is 0.166. The predicted molar refractivity (Wildman–Crippen MR) is 118 cm³/mol. The van der Waals surface area contributed by atoms with Crippen LogP contribution in [0.5, 0.6) is 0 Å². The first-order valence-corrected chi connectivity index (χ1v) is 9.42. The summed E-state index contributed by atoms with van der Waals surface area (Å²) < 4.78 is 10.3. The Kier molecular flexibility index (Phi) is 12.6. The van der Waals surface area contributed by atoms with Crippen LogP contribution < -0.4 is 10.6 Å². The molecule has 156 valence electrons. The first-order chi connectivity index (χ1) is 12.7. The number of aliphatic imine (C=N–C) groups is 1. The molecule has 2 rings (SSSR count). The molecule has 0 spiro atoms. The van der Waals surface area contributed by atoms with E-state index < -0.39 is 0 Å². The van der Waals surface area contributed by atoms with Crippen LogP contribution in [-0.2, 0) is 14.3 Å². The highest BCUT2D eigenvalue weighted by Gasteiger charge is 2.21. The molecule has 2 N–H and O–H groups in total. The molecule has 2 aliphatic heterocycles. The third kappa shape index (κ3) is 9.22. The lowest BCUT2D eigenvalue weighted by Gasteiger charge is -2.36. The fourth-order valence-corrected chi connectivity index (χ4v) is 3.13. The number of piperazine rings is 1. The minimum Gasteiger partial charge on any atom is -0.383 e. The summed E-state index contributed by atoms with van der Waals surface area (Å²) in [6, 6.07) is 0. The number of nitrogens with zero attached hydrogens (tertiary/aromatic N) is 3. The fourth-order valence-electron chi connectivity index (χ4n) is 3.13. The molecule has 0 saturated carbocycles. The molecule has 0 aromatic heterocycles. The van der Waals surface area contributed by atoms with Crippen LogP contribution in [0.15, 0.2) is 16.6 Å². The van der Waals surface area contributed by atoms with Crippen LogP contribution in [0.3, 0.4) is 0 Å². The number of methoxy groups -OCH3 is 1. The Labute approximate surface area is 179 Å². The highest BCUT2D eigenvalue weighted by atomic mass is 127. The largest absolute Gasteiger partial charge is 0.383 e. The topological polar surface area (TPSA) is 78.4 Å². The first-order valence-electron chi connectivity index (χ1n) is 9.42. The van der Waals surface area contributed by atoms with Crippen molar-refractivity contribution in [3.63, 3.8) is 0 Å². The summed E-state index contributed by atoms with van der Waals surface area (Å²) in [6.07, 6.45) is 4.25. The zero-order valence-corrected chi connectivity index (χ0v) is 18.9. The van der Waals surface area contributed by atoms with E-state index in [0.29, 0.717) is 19.7 Å². The molecule has 2 heterocycles. The van der Waals surface area contributed by atoms with Gasteiger partial charge in [-0.3, -0.25) is 14.7 Å². The normalized spacial score (nSPS) is 18.5. The van der Waals surface area contributed by atoms with Crippen molar-refractivity contribution in [3.05, 3.63) is 11.6 Å². The minimum atomic E-state index is 0. The van der Waals surface area contributed by atoms with Gasteiger partial charge >= 0.3 is 0 Å². The Morgan fingerprint density at radius 3 is 2.67 bits per heavy atom. The molecule has 0 aliphatic carbocycles. The summed E-state index contributed by atoms with van der Waals surface area (Å²) in [6.45, 7) is 7.50. The Bertz CT molecular complexity index is 493. The molecule has 27 heavy (non-hydrogen) atoms. The van der Waals surface area contributed by atoms with E-state index in [9.17, 15) is 4.79 Å². The number of ether oxygens (including phenoxy) is 2. The van der Waals surface area contributed by atoms with Crippen LogP contribution in [0.2, 0.25) is 0 Å². The molecule has 1 amide bonds. The van der Waals surface area contributed by atoms with Crippen LogP contribution in [0.1, 0.15) is 12.8 Å². The van der Waals surface area contributed by atoms with Crippen LogP contribution >= 0.6 is 24.0 Å². The highest BCUT2D eigenvalue weighted by molar-refractivity contribution is 14.0. The molecule has 0 aromatic carbocycles. The van der Waals surface area contributed by atoms with Gasteiger partial charge in [0.1, 0.15) is 0 Å². The molecule has 0 unspecified atom stereocenters. The number of hydrogen-bond acceptors (Lipinski definition) is 5. The number of nitrogens with one attached hydrogen (secondary N) is 2. The van der Waals surface area contributed by atoms with Crippen molar-refractivity contribution in [2.24, 2.45) is 4.99 Å². The van der Waals surface area contributed by atoms with Gasteiger partial charge in [-0.1, -0.05) is 11.6 Å². The van der Waals surface area contributed by atoms with E-state index in [4.69, 9.17) is 9.47 Å². The summed E-state index contributed by atoms with van der Waals surface area (Å²) >= 11 is 0. The molecule has 9 heteroatoms. The summed E-state index contributed by atoms with van der Waals surface area (Å²) in [4.78, 5) is 20.7. The van der Waals surface area contributed by atoms with Gasteiger partial charge in [0.15, 0.2) is 5.96 Å².